The minimum Gasteiger partial charge on any atom is -0.342 e. The SMILES string of the molecule is CC(C)(N)CC(=O)N1CCCS(=O)(=O)CC1. The standard InChI is InChI=1S/C10H20N2O3S/c1-10(2,11)8-9(13)12-4-3-6-16(14,15)7-5-12/h3-8,11H2,1-2H3. The van der Waals surface area contributed by atoms with Gasteiger partial charge in [0.15, 0.2) is 9.84 Å². The van der Waals surface area contributed by atoms with Gasteiger partial charge >= 0.3 is 0 Å². The van der Waals surface area contributed by atoms with Crippen LogP contribution in [0.25, 0.3) is 0 Å². The number of nitrogens with zero attached hydrogens (tertiary/aromatic N) is 1. The van der Waals surface area contributed by atoms with Crippen LogP contribution in [0.1, 0.15) is 26.7 Å². The first-order chi connectivity index (χ1) is 7.20. The second-order valence-corrected chi connectivity index (χ2v) is 7.36. The molecule has 0 aromatic heterocycles. The van der Waals surface area contributed by atoms with E-state index < -0.39 is 15.4 Å². The molecule has 0 unspecified atom stereocenters. The molecular formula is C10H20N2O3S. The van der Waals surface area contributed by atoms with Crippen molar-refractivity contribution in [1.82, 2.24) is 4.90 Å². The fourth-order valence-electron chi connectivity index (χ4n) is 1.69. The third-order valence-electron chi connectivity index (χ3n) is 2.52. The Balaban J connectivity index is 2.58. The lowest BCUT2D eigenvalue weighted by atomic mass is 10.0. The van der Waals surface area contributed by atoms with E-state index in [0.29, 0.717) is 19.5 Å². The third kappa shape index (κ3) is 4.49. The zero-order valence-electron chi connectivity index (χ0n) is 9.90. The molecule has 0 aromatic rings. The molecule has 1 amide bonds. The average Bonchev–Trinajstić information content (AvgIpc) is 2.23. The van der Waals surface area contributed by atoms with Crippen molar-refractivity contribution in [3.05, 3.63) is 0 Å². The van der Waals surface area contributed by atoms with Crippen LogP contribution in [-0.4, -0.2) is 49.4 Å². The van der Waals surface area contributed by atoms with Crippen molar-refractivity contribution in [3.63, 3.8) is 0 Å². The van der Waals surface area contributed by atoms with Crippen LogP contribution in [0.5, 0.6) is 0 Å². The van der Waals surface area contributed by atoms with Gasteiger partial charge in [-0.25, -0.2) is 8.42 Å². The number of nitrogens with two attached hydrogens (primary N) is 1. The predicted octanol–water partition coefficient (Wildman–Crippen LogP) is -0.239. The number of carbonyl (C=O) groups is 1. The second-order valence-electron chi connectivity index (χ2n) is 5.05. The molecule has 94 valence electrons. The molecule has 0 aromatic carbocycles. The Hall–Kier alpha value is -0.620. The van der Waals surface area contributed by atoms with Crippen molar-refractivity contribution < 1.29 is 13.2 Å². The van der Waals surface area contributed by atoms with Crippen molar-refractivity contribution >= 4 is 15.7 Å². The highest BCUT2D eigenvalue weighted by Crippen LogP contribution is 2.11. The summed E-state index contributed by atoms with van der Waals surface area (Å²) in [5.74, 6) is 0.205. The van der Waals surface area contributed by atoms with Crippen molar-refractivity contribution in [2.45, 2.75) is 32.2 Å². The maximum Gasteiger partial charge on any atom is 0.224 e. The first kappa shape index (κ1) is 13.4. The second kappa shape index (κ2) is 4.71. The fraction of sp³-hybridized carbons (Fsp3) is 0.900. The quantitative estimate of drug-likeness (QED) is 0.731. The van der Waals surface area contributed by atoms with Crippen LogP contribution in [0.3, 0.4) is 0 Å². The Kier molecular flexibility index (Phi) is 3.96. The van der Waals surface area contributed by atoms with Crippen LogP contribution in [0.15, 0.2) is 0 Å². The molecule has 1 aliphatic rings. The van der Waals surface area contributed by atoms with E-state index >= 15 is 0 Å². The lowest BCUT2D eigenvalue weighted by Crippen LogP contribution is -2.42. The molecule has 0 saturated carbocycles. The number of hydrogen-bond donors (Lipinski definition) is 1. The van der Waals surface area contributed by atoms with E-state index in [0.717, 1.165) is 0 Å². The zero-order valence-corrected chi connectivity index (χ0v) is 10.7. The third-order valence-corrected chi connectivity index (χ3v) is 4.23. The van der Waals surface area contributed by atoms with E-state index in [2.05, 4.69) is 0 Å². The van der Waals surface area contributed by atoms with Crippen LogP contribution in [-0.2, 0) is 14.6 Å². The van der Waals surface area contributed by atoms with Crippen molar-refractivity contribution in [3.8, 4) is 0 Å². The van der Waals surface area contributed by atoms with Crippen LogP contribution in [0.4, 0.5) is 0 Å². The minimum atomic E-state index is -2.95. The van der Waals surface area contributed by atoms with Gasteiger partial charge in [-0.1, -0.05) is 0 Å². The highest BCUT2D eigenvalue weighted by Gasteiger charge is 2.25. The van der Waals surface area contributed by atoms with Gasteiger partial charge in [0.05, 0.1) is 11.5 Å². The summed E-state index contributed by atoms with van der Waals surface area (Å²) < 4.78 is 22.7. The largest absolute Gasteiger partial charge is 0.342 e. The molecule has 1 aliphatic heterocycles. The minimum absolute atomic E-state index is 0.0513. The highest BCUT2D eigenvalue weighted by molar-refractivity contribution is 7.91. The van der Waals surface area contributed by atoms with E-state index in [1.54, 1.807) is 18.7 Å². The fourth-order valence-corrected chi connectivity index (χ4v) is 2.96. The summed E-state index contributed by atoms with van der Waals surface area (Å²) in [7, 11) is -2.95. The molecule has 6 heteroatoms. The van der Waals surface area contributed by atoms with E-state index in [4.69, 9.17) is 5.73 Å². The Labute approximate surface area is 96.9 Å². The van der Waals surface area contributed by atoms with Gasteiger partial charge in [-0.15, -0.1) is 0 Å². The van der Waals surface area contributed by atoms with Gasteiger partial charge in [-0.05, 0) is 20.3 Å². The summed E-state index contributed by atoms with van der Waals surface area (Å²) in [6.45, 7) is 4.41. The average molecular weight is 248 g/mol. The smallest absolute Gasteiger partial charge is 0.224 e. The van der Waals surface area contributed by atoms with E-state index in [-0.39, 0.29) is 23.8 Å². The van der Waals surface area contributed by atoms with Crippen molar-refractivity contribution in [1.29, 1.82) is 0 Å². The Morgan fingerprint density at radius 1 is 1.31 bits per heavy atom. The molecule has 16 heavy (non-hydrogen) atoms. The molecule has 5 nitrogen and oxygen atoms in total. The van der Waals surface area contributed by atoms with Crippen molar-refractivity contribution in [2.24, 2.45) is 5.73 Å². The lowest BCUT2D eigenvalue weighted by Gasteiger charge is -2.24. The van der Waals surface area contributed by atoms with Gasteiger partial charge in [-0.3, -0.25) is 4.79 Å². The van der Waals surface area contributed by atoms with Gasteiger partial charge in [0.2, 0.25) is 5.91 Å². The molecule has 0 radical (unpaired) electrons. The Morgan fingerprint density at radius 3 is 2.50 bits per heavy atom. The normalized spacial score (nSPS) is 21.6. The van der Waals surface area contributed by atoms with Gasteiger partial charge in [0.25, 0.3) is 0 Å². The summed E-state index contributed by atoms with van der Waals surface area (Å²) in [6, 6.07) is 0. The van der Waals surface area contributed by atoms with Crippen LogP contribution in [0.2, 0.25) is 0 Å². The maximum absolute atomic E-state index is 11.8. The van der Waals surface area contributed by atoms with E-state index in [9.17, 15) is 13.2 Å². The maximum atomic E-state index is 11.8. The molecule has 1 rings (SSSR count). The highest BCUT2D eigenvalue weighted by atomic mass is 32.2. The Bertz CT molecular complexity index is 357. The van der Waals surface area contributed by atoms with Crippen LogP contribution < -0.4 is 5.73 Å². The molecule has 0 aliphatic carbocycles. The summed E-state index contributed by atoms with van der Waals surface area (Å²) in [5.41, 5.74) is 5.23. The van der Waals surface area contributed by atoms with Crippen molar-refractivity contribution in [2.75, 3.05) is 24.6 Å². The topological polar surface area (TPSA) is 80.5 Å². The molecule has 1 saturated heterocycles. The molecule has 2 N–H and O–H groups in total. The van der Waals surface area contributed by atoms with Gasteiger partial charge in [0.1, 0.15) is 0 Å². The van der Waals surface area contributed by atoms with Crippen LogP contribution >= 0.6 is 0 Å². The van der Waals surface area contributed by atoms with Gasteiger partial charge < -0.3 is 10.6 Å². The first-order valence-corrected chi connectivity index (χ1v) is 7.29. The summed E-state index contributed by atoms with van der Waals surface area (Å²) >= 11 is 0. The predicted molar refractivity (Wildman–Crippen MR) is 62.7 cm³/mol. The summed E-state index contributed by atoms with van der Waals surface area (Å²) in [5, 5.41) is 0. The van der Waals surface area contributed by atoms with E-state index in [1.165, 1.54) is 0 Å². The monoisotopic (exact) mass is 248 g/mol. The number of hydrogen-bond acceptors (Lipinski definition) is 4. The number of carbonyl (C=O) groups excluding carboxylic acids is 1. The summed E-state index contributed by atoms with van der Waals surface area (Å²) in [6.07, 6.45) is 0.784. The van der Waals surface area contributed by atoms with Crippen LogP contribution in [0, 0.1) is 0 Å². The zero-order chi connectivity index (χ0) is 12.4. The molecule has 0 atom stereocenters. The number of amides is 1. The first-order valence-electron chi connectivity index (χ1n) is 5.47. The molecule has 1 heterocycles. The number of sulfone groups is 1. The van der Waals surface area contributed by atoms with Gasteiger partial charge in [0, 0.05) is 25.0 Å². The number of rotatable bonds is 2. The Morgan fingerprint density at radius 2 is 1.94 bits per heavy atom. The summed E-state index contributed by atoms with van der Waals surface area (Å²) in [4.78, 5) is 13.4. The molecule has 1 fully saturated rings. The van der Waals surface area contributed by atoms with E-state index in [1.807, 2.05) is 0 Å². The lowest BCUT2D eigenvalue weighted by molar-refractivity contribution is -0.131. The molecular weight excluding hydrogens is 228 g/mol. The molecule has 0 spiro atoms. The van der Waals surface area contributed by atoms with Gasteiger partial charge in [-0.2, -0.15) is 0 Å². The molecule has 0 bridgehead atoms.